The van der Waals surface area contributed by atoms with Gasteiger partial charge in [0.25, 0.3) is 5.91 Å². The van der Waals surface area contributed by atoms with E-state index in [0.717, 1.165) is 29.8 Å². The Morgan fingerprint density at radius 1 is 1.00 bits per heavy atom. The normalized spacial score (nSPS) is 12.8. The summed E-state index contributed by atoms with van der Waals surface area (Å²) >= 11 is 0. The first-order chi connectivity index (χ1) is 15.1. The van der Waals surface area contributed by atoms with Crippen LogP contribution < -0.4 is 5.32 Å². The summed E-state index contributed by atoms with van der Waals surface area (Å²) in [5, 5.41) is 7.55. The molecule has 31 heavy (non-hydrogen) atoms. The second-order valence-corrected chi connectivity index (χ2v) is 7.49. The predicted molar refractivity (Wildman–Crippen MR) is 117 cm³/mol. The average molecular weight is 419 g/mol. The van der Waals surface area contributed by atoms with Crippen LogP contribution in [0.2, 0.25) is 0 Å². The first kappa shape index (κ1) is 20.8. The van der Waals surface area contributed by atoms with E-state index in [9.17, 15) is 9.59 Å². The fraction of sp³-hybridized carbons (Fsp3) is 0.292. The van der Waals surface area contributed by atoms with Gasteiger partial charge in [-0.25, -0.2) is 9.48 Å². The Hall–Kier alpha value is -3.45. The van der Waals surface area contributed by atoms with Crippen molar-refractivity contribution in [3.8, 4) is 16.9 Å². The standard InChI is InChI=1S/C24H25N3O4/c1-30-16-24(29)31-15-23(28)25-22-14-21(26-27(22)20-9-3-2-4-10-20)19-12-11-17-7-5-6-8-18(17)13-19/h2-4,9-14H,5-8,15-16H2,1H3,(H,25,28). The number of nitrogens with one attached hydrogen (secondary N) is 1. The summed E-state index contributed by atoms with van der Waals surface area (Å²) in [6.45, 7) is -0.589. The molecule has 4 rings (SSSR count). The minimum Gasteiger partial charge on any atom is -0.454 e. The minimum atomic E-state index is -0.594. The number of anilines is 1. The maximum absolute atomic E-state index is 12.4. The van der Waals surface area contributed by atoms with Crippen LogP contribution in [-0.4, -0.2) is 42.0 Å². The highest BCUT2D eigenvalue weighted by molar-refractivity contribution is 5.93. The number of carbonyl (C=O) groups excluding carboxylic acids is 2. The van der Waals surface area contributed by atoms with Crippen molar-refractivity contribution in [3.05, 3.63) is 65.7 Å². The summed E-state index contributed by atoms with van der Waals surface area (Å²) in [4.78, 5) is 23.8. The predicted octanol–water partition coefficient (Wildman–Crippen LogP) is 3.55. The van der Waals surface area contributed by atoms with Crippen molar-refractivity contribution in [1.29, 1.82) is 0 Å². The smallest absolute Gasteiger partial charge is 0.332 e. The maximum atomic E-state index is 12.4. The van der Waals surface area contributed by atoms with Crippen molar-refractivity contribution in [2.75, 3.05) is 25.6 Å². The lowest BCUT2D eigenvalue weighted by Gasteiger charge is -2.16. The van der Waals surface area contributed by atoms with Crippen molar-refractivity contribution >= 4 is 17.7 Å². The van der Waals surface area contributed by atoms with Crippen molar-refractivity contribution in [2.24, 2.45) is 0 Å². The summed E-state index contributed by atoms with van der Waals surface area (Å²) in [6.07, 6.45) is 4.65. The van der Waals surface area contributed by atoms with E-state index in [1.807, 2.05) is 36.4 Å². The molecule has 0 aliphatic heterocycles. The number of benzene rings is 2. The number of ether oxygens (including phenoxy) is 2. The summed E-state index contributed by atoms with van der Waals surface area (Å²) in [7, 11) is 1.39. The van der Waals surface area contributed by atoms with Gasteiger partial charge in [0.05, 0.1) is 11.4 Å². The highest BCUT2D eigenvalue weighted by atomic mass is 16.6. The zero-order valence-corrected chi connectivity index (χ0v) is 17.5. The number of rotatable bonds is 7. The monoisotopic (exact) mass is 419 g/mol. The molecule has 1 N–H and O–H groups in total. The highest BCUT2D eigenvalue weighted by Crippen LogP contribution is 2.29. The van der Waals surface area contributed by atoms with Gasteiger partial charge in [-0.2, -0.15) is 5.10 Å². The molecule has 0 atom stereocenters. The van der Waals surface area contributed by atoms with Crippen LogP contribution in [0.5, 0.6) is 0 Å². The highest BCUT2D eigenvalue weighted by Gasteiger charge is 2.17. The number of nitrogens with zero attached hydrogens (tertiary/aromatic N) is 2. The zero-order valence-electron chi connectivity index (χ0n) is 17.5. The molecule has 0 spiro atoms. The van der Waals surface area contributed by atoms with Crippen LogP contribution in [0.1, 0.15) is 24.0 Å². The summed E-state index contributed by atoms with van der Waals surface area (Å²) < 4.78 is 11.3. The second-order valence-electron chi connectivity index (χ2n) is 7.49. The molecular formula is C24H25N3O4. The number of hydrogen-bond donors (Lipinski definition) is 1. The number of methoxy groups -OCH3 is 1. The van der Waals surface area contributed by atoms with Gasteiger partial charge in [0.1, 0.15) is 12.4 Å². The largest absolute Gasteiger partial charge is 0.454 e. The van der Waals surface area contributed by atoms with Crippen molar-refractivity contribution in [3.63, 3.8) is 0 Å². The molecule has 1 aliphatic carbocycles. The maximum Gasteiger partial charge on any atom is 0.332 e. The molecule has 7 nitrogen and oxygen atoms in total. The molecule has 1 aliphatic rings. The van der Waals surface area contributed by atoms with Gasteiger partial charge in [0, 0.05) is 18.7 Å². The number of fused-ring (bicyclic) bond motifs is 1. The molecule has 1 amide bonds. The number of aromatic nitrogens is 2. The van der Waals surface area contributed by atoms with E-state index in [1.165, 1.54) is 31.1 Å². The van der Waals surface area contributed by atoms with Gasteiger partial charge >= 0.3 is 5.97 Å². The summed E-state index contributed by atoms with van der Waals surface area (Å²) in [5.41, 5.74) is 5.37. The fourth-order valence-corrected chi connectivity index (χ4v) is 3.75. The lowest BCUT2D eigenvalue weighted by atomic mass is 9.90. The van der Waals surface area contributed by atoms with Gasteiger partial charge in [0.15, 0.2) is 6.61 Å². The van der Waals surface area contributed by atoms with Crippen LogP contribution in [0.4, 0.5) is 5.82 Å². The van der Waals surface area contributed by atoms with Crippen molar-refractivity contribution in [1.82, 2.24) is 9.78 Å². The van der Waals surface area contributed by atoms with E-state index >= 15 is 0 Å². The molecule has 0 saturated carbocycles. The third-order valence-corrected chi connectivity index (χ3v) is 5.25. The van der Waals surface area contributed by atoms with Crippen LogP contribution in [0.15, 0.2) is 54.6 Å². The molecule has 2 aromatic carbocycles. The second kappa shape index (κ2) is 9.57. The lowest BCUT2D eigenvalue weighted by molar-refractivity contribution is -0.150. The van der Waals surface area contributed by atoms with Gasteiger partial charge in [-0.15, -0.1) is 0 Å². The Labute approximate surface area is 181 Å². The lowest BCUT2D eigenvalue weighted by Crippen LogP contribution is -2.23. The van der Waals surface area contributed by atoms with Crippen molar-refractivity contribution in [2.45, 2.75) is 25.7 Å². The van der Waals surface area contributed by atoms with Gasteiger partial charge < -0.3 is 14.8 Å². The van der Waals surface area contributed by atoms with Crippen LogP contribution in [0.25, 0.3) is 16.9 Å². The Morgan fingerprint density at radius 2 is 1.77 bits per heavy atom. The van der Waals surface area contributed by atoms with E-state index in [2.05, 4.69) is 23.5 Å². The molecule has 1 aromatic heterocycles. The Morgan fingerprint density at radius 3 is 2.55 bits per heavy atom. The van der Waals surface area contributed by atoms with Gasteiger partial charge in [-0.3, -0.25) is 4.79 Å². The number of hydrogen-bond acceptors (Lipinski definition) is 5. The van der Waals surface area contributed by atoms with E-state index in [4.69, 9.17) is 14.6 Å². The first-order valence-corrected chi connectivity index (χ1v) is 10.4. The average Bonchev–Trinajstić information content (AvgIpc) is 3.22. The summed E-state index contributed by atoms with van der Waals surface area (Å²) in [6, 6.07) is 17.9. The molecular weight excluding hydrogens is 394 g/mol. The van der Waals surface area contributed by atoms with Crippen LogP contribution in [-0.2, 0) is 31.9 Å². The number of amides is 1. The van der Waals surface area contributed by atoms with E-state index in [0.29, 0.717) is 5.82 Å². The third-order valence-electron chi connectivity index (χ3n) is 5.25. The molecule has 0 radical (unpaired) electrons. The van der Waals surface area contributed by atoms with Gasteiger partial charge in [-0.05, 0) is 55.0 Å². The van der Waals surface area contributed by atoms with E-state index in [1.54, 1.807) is 4.68 Å². The van der Waals surface area contributed by atoms with E-state index in [-0.39, 0.29) is 6.61 Å². The van der Waals surface area contributed by atoms with Crippen LogP contribution in [0, 0.1) is 0 Å². The number of carbonyl (C=O) groups is 2. The van der Waals surface area contributed by atoms with Gasteiger partial charge in [-0.1, -0.05) is 30.3 Å². The molecule has 0 unspecified atom stereocenters. The Bertz CT molecular complexity index is 1080. The van der Waals surface area contributed by atoms with E-state index < -0.39 is 18.5 Å². The first-order valence-electron chi connectivity index (χ1n) is 10.4. The van der Waals surface area contributed by atoms with Crippen molar-refractivity contribution < 1.29 is 19.1 Å². The molecule has 3 aromatic rings. The topological polar surface area (TPSA) is 82.4 Å². The Kier molecular flexibility index (Phi) is 6.43. The van der Waals surface area contributed by atoms with Gasteiger partial charge in [0.2, 0.25) is 0 Å². The fourth-order valence-electron chi connectivity index (χ4n) is 3.75. The molecule has 1 heterocycles. The number of para-hydroxylation sites is 1. The molecule has 0 saturated heterocycles. The minimum absolute atomic E-state index is 0.197. The number of esters is 1. The van der Waals surface area contributed by atoms with Crippen LogP contribution >= 0.6 is 0 Å². The third kappa shape index (κ3) is 5.00. The quantitative estimate of drug-likeness (QED) is 0.593. The molecule has 0 bridgehead atoms. The number of aryl methyl sites for hydroxylation is 2. The SMILES string of the molecule is COCC(=O)OCC(=O)Nc1cc(-c2ccc3c(c2)CCCC3)nn1-c1ccccc1. The van der Waals surface area contributed by atoms with Crippen LogP contribution in [0.3, 0.4) is 0 Å². The molecule has 7 heteroatoms. The summed E-state index contributed by atoms with van der Waals surface area (Å²) in [5.74, 6) is -0.533. The zero-order chi connectivity index (χ0) is 21.6. The Balaban J connectivity index is 1.60. The molecule has 0 fully saturated rings. The molecule has 160 valence electrons.